The van der Waals surface area contributed by atoms with Crippen molar-refractivity contribution in [3.8, 4) is 0 Å². The van der Waals surface area contributed by atoms with Crippen LogP contribution in [-0.2, 0) is 6.18 Å². The largest absolute Gasteiger partial charge is 0.417 e. The second-order valence-electron chi connectivity index (χ2n) is 7.46. The number of carbonyl (C=O) groups is 2. The number of anilines is 2. The van der Waals surface area contributed by atoms with Gasteiger partial charge in [0.05, 0.1) is 21.8 Å². The minimum Gasteiger partial charge on any atom is -0.354 e. The van der Waals surface area contributed by atoms with Crippen LogP contribution in [0.4, 0.5) is 24.5 Å². The molecular weight excluding hydrogens is 419 g/mol. The van der Waals surface area contributed by atoms with Gasteiger partial charge in [-0.05, 0) is 55.7 Å². The standard InChI is InChI=1S/C21H19ClF3N3O2/c1-27-17-10-12(5-7-14(17)20(30)28-9-3-2-4-18(27)28)19(29)26-13-6-8-16(22)15(11-13)21(23,24)25/h5-8,10-11,18H,2-4,9H2,1H3,(H,26,29). The third-order valence-corrected chi connectivity index (χ3v) is 5.91. The van der Waals surface area contributed by atoms with E-state index in [-0.39, 0.29) is 23.3 Å². The molecule has 1 saturated heterocycles. The molecular formula is C21H19ClF3N3O2. The first kappa shape index (κ1) is 20.5. The Bertz CT molecular complexity index is 1030. The summed E-state index contributed by atoms with van der Waals surface area (Å²) in [5, 5.41) is 2.04. The average Bonchev–Trinajstić information content (AvgIpc) is 2.72. The number of fused-ring (bicyclic) bond motifs is 2. The zero-order chi connectivity index (χ0) is 21.6. The van der Waals surface area contributed by atoms with Gasteiger partial charge in [0.1, 0.15) is 6.17 Å². The highest BCUT2D eigenvalue weighted by atomic mass is 35.5. The molecule has 1 atom stereocenters. The van der Waals surface area contributed by atoms with Gasteiger partial charge >= 0.3 is 6.18 Å². The first-order chi connectivity index (χ1) is 14.2. The molecule has 2 heterocycles. The molecule has 0 spiro atoms. The Labute approximate surface area is 176 Å². The molecule has 30 heavy (non-hydrogen) atoms. The Morgan fingerprint density at radius 1 is 1.17 bits per heavy atom. The fraction of sp³-hybridized carbons (Fsp3) is 0.333. The van der Waals surface area contributed by atoms with E-state index in [2.05, 4.69) is 5.32 Å². The van der Waals surface area contributed by atoms with E-state index in [1.807, 2.05) is 16.8 Å². The van der Waals surface area contributed by atoms with Crippen molar-refractivity contribution in [2.45, 2.75) is 31.6 Å². The third-order valence-electron chi connectivity index (χ3n) is 5.58. The predicted octanol–water partition coefficient (Wildman–Crippen LogP) is 5.01. The van der Waals surface area contributed by atoms with Gasteiger partial charge in [-0.25, -0.2) is 0 Å². The number of rotatable bonds is 2. The summed E-state index contributed by atoms with van der Waals surface area (Å²) >= 11 is 5.63. The highest BCUT2D eigenvalue weighted by Gasteiger charge is 2.37. The monoisotopic (exact) mass is 437 g/mol. The maximum atomic E-state index is 13.1. The van der Waals surface area contributed by atoms with Gasteiger partial charge in [-0.1, -0.05) is 11.6 Å². The number of alkyl halides is 3. The maximum Gasteiger partial charge on any atom is 0.417 e. The topological polar surface area (TPSA) is 52.7 Å². The molecule has 0 aliphatic carbocycles. The zero-order valence-electron chi connectivity index (χ0n) is 16.1. The van der Waals surface area contributed by atoms with E-state index in [0.717, 1.165) is 31.4 Å². The van der Waals surface area contributed by atoms with Gasteiger partial charge in [-0.15, -0.1) is 0 Å². The molecule has 2 aliphatic heterocycles. The van der Waals surface area contributed by atoms with E-state index in [0.29, 0.717) is 17.8 Å². The number of carbonyl (C=O) groups excluding carboxylic acids is 2. The highest BCUT2D eigenvalue weighted by molar-refractivity contribution is 6.31. The molecule has 1 unspecified atom stereocenters. The predicted molar refractivity (Wildman–Crippen MR) is 108 cm³/mol. The lowest BCUT2D eigenvalue weighted by atomic mass is 9.97. The molecule has 2 aromatic carbocycles. The maximum absolute atomic E-state index is 13.1. The van der Waals surface area contributed by atoms with Crippen LogP contribution in [0.25, 0.3) is 0 Å². The lowest BCUT2D eigenvalue weighted by Crippen LogP contribution is -2.55. The highest BCUT2D eigenvalue weighted by Crippen LogP contribution is 2.37. The molecule has 9 heteroatoms. The molecule has 2 amide bonds. The molecule has 0 aromatic heterocycles. The number of nitrogens with zero attached hydrogens (tertiary/aromatic N) is 2. The molecule has 2 aliphatic rings. The summed E-state index contributed by atoms with van der Waals surface area (Å²) in [6, 6.07) is 7.91. The Hall–Kier alpha value is -2.74. The summed E-state index contributed by atoms with van der Waals surface area (Å²) in [4.78, 5) is 29.3. The van der Waals surface area contributed by atoms with Crippen molar-refractivity contribution in [3.05, 3.63) is 58.1 Å². The van der Waals surface area contributed by atoms with Gasteiger partial charge < -0.3 is 15.1 Å². The van der Waals surface area contributed by atoms with Crippen LogP contribution >= 0.6 is 11.6 Å². The van der Waals surface area contributed by atoms with E-state index >= 15 is 0 Å². The molecule has 0 bridgehead atoms. The summed E-state index contributed by atoms with van der Waals surface area (Å²) < 4.78 is 39.2. The first-order valence-electron chi connectivity index (χ1n) is 9.53. The Balaban J connectivity index is 1.61. The summed E-state index contributed by atoms with van der Waals surface area (Å²) in [5.41, 5.74) is 0.370. The van der Waals surface area contributed by atoms with Crippen LogP contribution in [0.2, 0.25) is 5.02 Å². The summed E-state index contributed by atoms with van der Waals surface area (Å²) in [5.74, 6) is -0.632. The van der Waals surface area contributed by atoms with E-state index in [4.69, 9.17) is 11.6 Å². The van der Waals surface area contributed by atoms with Crippen molar-refractivity contribution in [1.29, 1.82) is 0 Å². The molecule has 158 valence electrons. The van der Waals surface area contributed by atoms with E-state index < -0.39 is 22.7 Å². The fourth-order valence-electron chi connectivity index (χ4n) is 4.04. The third kappa shape index (κ3) is 3.60. The van der Waals surface area contributed by atoms with E-state index in [1.165, 1.54) is 12.1 Å². The summed E-state index contributed by atoms with van der Waals surface area (Å²) in [7, 11) is 1.88. The zero-order valence-corrected chi connectivity index (χ0v) is 16.8. The second-order valence-corrected chi connectivity index (χ2v) is 7.87. The van der Waals surface area contributed by atoms with Crippen molar-refractivity contribution in [2.24, 2.45) is 0 Å². The normalized spacial score (nSPS) is 18.7. The fourth-order valence-corrected chi connectivity index (χ4v) is 4.26. The molecule has 4 rings (SSSR count). The van der Waals surface area contributed by atoms with Gasteiger partial charge in [0, 0.05) is 24.8 Å². The molecule has 0 saturated carbocycles. The summed E-state index contributed by atoms with van der Waals surface area (Å²) in [6.07, 6.45) is -1.84. The lowest BCUT2D eigenvalue weighted by Gasteiger charge is -2.46. The van der Waals surface area contributed by atoms with Gasteiger partial charge in [0.15, 0.2) is 0 Å². The molecule has 1 fully saturated rings. The number of nitrogens with one attached hydrogen (secondary N) is 1. The number of benzene rings is 2. The molecule has 0 radical (unpaired) electrons. The van der Waals surface area contributed by atoms with Crippen LogP contribution in [0.3, 0.4) is 0 Å². The quantitative estimate of drug-likeness (QED) is 0.718. The van der Waals surface area contributed by atoms with Crippen LogP contribution in [0.5, 0.6) is 0 Å². The Morgan fingerprint density at radius 2 is 1.93 bits per heavy atom. The van der Waals surface area contributed by atoms with Gasteiger partial charge in [0.2, 0.25) is 0 Å². The van der Waals surface area contributed by atoms with Gasteiger partial charge in [-0.2, -0.15) is 13.2 Å². The number of piperidine rings is 1. The van der Waals surface area contributed by atoms with Crippen molar-refractivity contribution >= 4 is 34.8 Å². The summed E-state index contributed by atoms with van der Waals surface area (Å²) in [6.45, 7) is 0.702. The van der Waals surface area contributed by atoms with Crippen molar-refractivity contribution in [2.75, 3.05) is 23.8 Å². The SMILES string of the molecule is CN1c2cc(C(=O)Nc3ccc(Cl)c(C(F)(F)F)c3)ccc2C(=O)N2CCCCC21. The second kappa shape index (κ2) is 7.50. The van der Waals surface area contributed by atoms with Crippen LogP contribution in [-0.4, -0.2) is 36.5 Å². The van der Waals surface area contributed by atoms with E-state index in [9.17, 15) is 22.8 Å². The number of hydrogen-bond acceptors (Lipinski definition) is 3. The minimum atomic E-state index is -4.63. The van der Waals surface area contributed by atoms with Gasteiger partial charge in [-0.3, -0.25) is 9.59 Å². The van der Waals surface area contributed by atoms with Crippen LogP contribution in [0, 0.1) is 0 Å². The van der Waals surface area contributed by atoms with Crippen molar-refractivity contribution in [3.63, 3.8) is 0 Å². The smallest absolute Gasteiger partial charge is 0.354 e. The lowest BCUT2D eigenvalue weighted by molar-refractivity contribution is -0.137. The van der Waals surface area contributed by atoms with Crippen LogP contribution < -0.4 is 10.2 Å². The number of amides is 2. The minimum absolute atomic E-state index is 0.0164. The van der Waals surface area contributed by atoms with Crippen LogP contribution in [0.15, 0.2) is 36.4 Å². The van der Waals surface area contributed by atoms with Crippen molar-refractivity contribution < 1.29 is 22.8 Å². The molecule has 5 nitrogen and oxygen atoms in total. The molecule has 1 N–H and O–H groups in total. The first-order valence-corrected chi connectivity index (χ1v) is 9.90. The number of halogens is 4. The Kier molecular flexibility index (Phi) is 5.13. The Morgan fingerprint density at radius 3 is 2.67 bits per heavy atom. The average molecular weight is 438 g/mol. The van der Waals surface area contributed by atoms with Gasteiger partial charge in [0.25, 0.3) is 11.8 Å². The van der Waals surface area contributed by atoms with Crippen LogP contribution in [0.1, 0.15) is 45.5 Å². The number of hydrogen-bond donors (Lipinski definition) is 1. The molecule has 2 aromatic rings. The van der Waals surface area contributed by atoms with Crippen molar-refractivity contribution in [1.82, 2.24) is 4.90 Å². The van der Waals surface area contributed by atoms with E-state index in [1.54, 1.807) is 12.1 Å².